The largest absolute Gasteiger partial charge is 0.438 e. The predicted octanol–water partition coefficient (Wildman–Crippen LogP) is 2.27. The monoisotopic (exact) mass is 229 g/mol. The number of ether oxygens (including phenoxy) is 1. The van der Waals surface area contributed by atoms with E-state index in [9.17, 15) is 0 Å². The summed E-state index contributed by atoms with van der Waals surface area (Å²) in [5, 5.41) is 0. The van der Waals surface area contributed by atoms with E-state index in [1.54, 1.807) is 12.4 Å². The number of aromatic nitrogens is 3. The molecule has 86 valence electrons. The van der Waals surface area contributed by atoms with Crippen LogP contribution in [0.25, 0.3) is 11.1 Å². The number of H-pyrrole nitrogens is 1. The molecule has 5 heteroatoms. The number of fused-ring (bicyclic) bond motifs is 1. The van der Waals surface area contributed by atoms with Gasteiger partial charge >= 0.3 is 0 Å². The molecule has 0 saturated heterocycles. The van der Waals surface area contributed by atoms with Crippen LogP contribution in [-0.4, -0.2) is 15.0 Å². The van der Waals surface area contributed by atoms with Crippen LogP contribution in [0.1, 0.15) is 11.7 Å². The number of nitrogens with one attached hydrogen (secondary N) is 1. The number of para-hydroxylation sites is 2. The van der Waals surface area contributed by atoms with E-state index in [1.807, 2.05) is 24.3 Å². The highest BCUT2D eigenvalue weighted by Gasteiger charge is 2.05. The highest BCUT2D eigenvalue weighted by Crippen LogP contribution is 2.15. The van der Waals surface area contributed by atoms with Gasteiger partial charge in [0.05, 0.1) is 0 Å². The maximum absolute atomic E-state index is 5.52. The van der Waals surface area contributed by atoms with Gasteiger partial charge in [0.15, 0.2) is 5.58 Å². The van der Waals surface area contributed by atoms with E-state index in [1.165, 1.54) is 0 Å². The lowest BCUT2D eigenvalue weighted by Crippen LogP contribution is -1.95. The number of benzene rings is 1. The van der Waals surface area contributed by atoms with Crippen LogP contribution in [0, 0.1) is 0 Å². The minimum Gasteiger partial charge on any atom is -0.438 e. The van der Waals surface area contributed by atoms with Gasteiger partial charge in [0.1, 0.15) is 24.6 Å². The highest BCUT2D eigenvalue weighted by atomic mass is 16.5. The Bertz CT molecular complexity index is 568. The van der Waals surface area contributed by atoms with E-state index in [4.69, 9.17) is 9.15 Å². The van der Waals surface area contributed by atoms with Crippen LogP contribution in [0.3, 0.4) is 0 Å². The molecule has 3 aromatic rings. The lowest BCUT2D eigenvalue weighted by Gasteiger charge is -1.97. The molecule has 0 aliphatic carbocycles. The lowest BCUT2D eigenvalue weighted by atomic mass is 10.3. The van der Waals surface area contributed by atoms with Crippen molar-refractivity contribution in [2.45, 2.75) is 13.2 Å². The molecule has 2 aromatic heterocycles. The molecule has 17 heavy (non-hydrogen) atoms. The summed E-state index contributed by atoms with van der Waals surface area (Å²) in [6, 6.07) is 7.65. The van der Waals surface area contributed by atoms with Crippen molar-refractivity contribution >= 4 is 11.1 Å². The number of nitrogens with zero attached hydrogens (tertiary/aromatic N) is 2. The lowest BCUT2D eigenvalue weighted by molar-refractivity contribution is 0.0864. The molecule has 0 unspecified atom stereocenters. The number of imidazole rings is 1. The van der Waals surface area contributed by atoms with E-state index in [0.29, 0.717) is 19.1 Å². The van der Waals surface area contributed by atoms with Gasteiger partial charge in [-0.1, -0.05) is 12.1 Å². The Kier molecular flexibility index (Phi) is 2.59. The first-order valence-corrected chi connectivity index (χ1v) is 5.32. The van der Waals surface area contributed by atoms with Crippen molar-refractivity contribution in [1.82, 2.24) is 15.0 Å². The van der Waals surface area contributed by atoms with Gasteiger partial charge in [0.25, 0.3) is 0 Å². The minimum atomic E-state index is 0.343. The molecule has 5 nitrogen and oxygen atoms in total. The third-order valence-electron chi connectivity index (χ3n) is 2.36. The van der Waals surface area contributed by atoms with Crippen LogP contribution >= 0.6 is 0 Å². The molecule has 1 aromatic carbocycles. The molecule has 0 bridgehead atoms. The van der Waals surface area contributed by atoms with Gasteiger partial charge in [-0.25, -0.2) is 9.97 Å². The van der Waals surface area contributed by atoms with Crippen LogP contribution < -0.4 is 0 Å². The summed E-state index contributed by atoms with van der Waals surface area (Å²) >= 11 is 0. The molecule has 0 atom stereocenters. The van der Waals surface area contributed by atoms with Crippen molar-refractivity contribution in [3.63, 3.8) is 0 Å². The molecule has 0 fully saturated rings. The van der Waals surface area contributed by atoms with Gasteiger partial charge in [-0.15, -0.1) is 0 Å². The van der Waals surface area contributed by atoms with Crippen molar-refractivity contribution in [2.75, 3.05) is 0 Å². The summed E-state index contributed by atoms with van der Waals surface area (Å²) in [4.78, 5) is 11.3. The molecule has 0 spiro atoms. The summed E-state index contributed by atoms with van der Waals surface area (Å²) < 4.78 is 11.0. The van der Waals surface area contributed by atoms with Gasteiger partial charge in [0.2, 0.25) is 5.89 Å². The van der Waals surface area contributed by atoms with Crippen molar-refractivity contribution in [2.24, 2.45) is 0 Å². The Labute approximate surface area is 97.5 Å². The zero-order valence-corrected chi connectivity index (χ0v) is 9.09. The van der Waals surface area contributed by atoms with Gasteiger partial charge in [0, 0.05) is 12.4 Å². The number of hydrogen-bond donors (Lipinski definition) is 1. The second-order valence-electron chi connectivity index (χ2n) is 3.60. The first-order valence-electron chi connectivity index (χ1n) is 5.32. The second-order valence-corrected chi connectivity index (χ2v) is 3.60. The molecular formula is C12H11N3O2. The standard InChI is InChI=1S/C12H11N3O2/c1-2-4-10-9(3-1)15-12(17-10)8-16-7-11-13-5-6-14-11/h1-6H,7-8H2,(H,13,14). The summed E-state index contributed by atoms with van der Waals surface area (Å²) in [5.74, 6) is 1.37. The second kappa shape index (κ2) is 4.39. The average molecular weight is 229 g/mol. The summed E-state index contributed by atoms with van der Waals surface area (Å²) in [5.41, 5.74) is 1.63. The number of aromatic amines is 1. The summed E-state index contributed by atoms with van der Waals surface area (Å²) in [6.45, 7) is 0.765. The van der Waals surface area contributed by atoms with Gasteiger partial charge in [-0.2, -0.15) is 0 Å². The zero-order chi connectivity index (χ0) is 11.5. The molecule has 0 amide bonds. The first-order chi connectivity index (χ1) is 8.42. The van der Waals surface area contributed by atoms with Crippen molar-refractivity contribution in [3.8, 4) is 0 Å². The maximum Gasteiger partial charge on any atom is 0.221 e. The summed E-state index contributed by atoms with van der Waals surface area (Å²) in [6.07, 6.45) is 3.45. The fourth-order valence-electron chi connectivity index (χ4n) is 1.59. The quantitative estimate of drug-likeness (QED) is 0.745. The molecule has 0 radical (unpaired) electrons. The summed E-state index contributed by atoms with van der Waals surface area (Å²) in [7, 11) is 0. The molecular weight excluding hydrogens is 218 g/mol. The van der Waals surface area contributed by atoms with Crippen molar-refractivity contribution in [3.05, 3.63) is 48.4 Å². The van der Waals surface area contributed by atoms with Crippen LogP contribution in [0.4, 0.5) is 0 Å². The molecule has 0 aliphatic heterocycles. The zero-order valence-electron chi connectivity index (χ0n) is 9.09. The topological polar surface area (TPSA) is 63.9 Å². The average Bonchev–Trinajstić information content (AvgIpc) is 2.96. The van der Waals surface area contributed by atoms with Crippen LogP contribution in [0.2, 0.25) is 0 Å². The van der Waals surface area contributed by atoms with Crippen molar-refractivity contribution in [1.29, 1.82) is 0 Å². The third-order valence-corrected chi connectivity index (χ3v) is 2.36. The normalized spacial score (nSPS) is 11.1. The smallest absolute Gasteiger partial charge is 0.221 e. The fourth-order valence-corrected chi connectivity index (χ4v) is 1.59. The first kappa shape index (κ1) is 10.0. The van der Waals surface area contributed by atoms with Crippen molar-refractivity contribution < 1.29 is 9.15 Å². The Morgan fingerprint density at radius 2 is 2.18 bits per heavy atom. The van der Waals surface area contributed by atoms with E-state index in [-0.39, 0.29) is 0 Å². The minimum absolute atomic E-state index is 0.343. The third kappa shape index (κ3) is 2.19. The van der Waals surface area contributed by atoms with E-state index in [2.05, 4.69) is 15.0 Å². The van der Waals surface area contributed by atoms with E-state index >= 15 is 0 Å². The Balaban J connectivity index is 1.65. The predicted molar refractivity (Wildman–Crippen MR) is 61.1 cm³/mol. The van der Waals surface area contributed by atoms with Gasteiger partial charge in [-0.3, -0.25) is 0 Å². The van der Waals surface area contributed by atoms with Crippen LogP contribution in [0.15, 0.2) is 41.1 Å². The fraction of sp³-hybridized carbons (Fsp3) is 0.167. The maximum atomic E-state index is 5.52. The molecule has 0 aliphatic rings. The number of rotatable bonds is 4. The molecule has 1 N–H and O–H groups in total. The Morgan fingerprint density at radius 1 is 1.24 bits per heavy atom. The number of hydrogen-bond acceptors (Lipinski definition) is 4. The van der Waals surface area contributed by atoms with Gasteiger partial charge < -0.3 is 14.1 Å². The molecule has 2 heterocycles. The highest BCUT2D eigenvalue weighted by molar-refractivity contribution is 5.72. The van der Waals surface area contributed by atoms with Crippen LogP contribution in [0.5, 0.6) is 0 Å². The Hall–Kier alpha value is -2.14. The van der Waals surface area contributed by atoms with Gasteiger partial charge in [-0.05, 0) is 12.1 Å². The van der Waals surface area contributed by atoms with E-state index in [0.717, 1.165) is 16.9 Å². The molecule has 3 rings (SSSR count). The SMILES string of the molecule is c1ccc2oc(COCc3ncc[nH]3)nc2c1. The molecule has 0 saturated carbocycles. The number of oxazole rings is 1. The van der Waals surface area contributed by atoms with E-state index < -0.39 is 0 Å². The van der Waals surface area contributed by atoms with Crippen LogP contribution in [-0.2, 0) is 18.0 Å². The Morgan fingerprint density at radius 3 is 3.00 bits per heavy atom.